The fourth-order valence-electron chi connectivity index (χ4n) is 3.39. The number of H-pyrrole nitrogens is 1. The molecule has 0 spiro atoms. The first-order valence-electron chi connectivity index (χ1n) is 8.26. The van der Waals surface area contributed by atoms with E-state index < -0.39 is 5.97 Å². The van der Waals surface area contributed by atoms with Gasteiger partial charge in [0.25, 0.3) is 0 Å². The molecule has 0 saturated carbocycles. The summed E-state index contributed by atoms with van der Waals surface area (Å²) in [5, 5.41) is 1.59. The lowest BCUT2D eigenvalue weighted by atomic mass is 9.95. The van der Waals surface area contributed by atoms with Crippen LogP contribution < -0.4 is 0 Å². The van der Waals surface area contributed by atoms with Crippen molar-refractivity contribution in [2.24, 2.45) is 0 Å². The Balaban J connectivity index is 1.61. The molecule has 0 bridgehead atoms. The average molecular weight is 340 g/mol. The molecule has 4 heteroatoms. The van der Waals surface area contributed by atoms with Gasteiger partial charge in [0.05, 0.1) is 10.6 Å². The second-order valence-electron chi connectivity index (χ2n) is 6.23. The van der Waals surface area contributed by atoms with Gasteiger partial charge in [-0.25, -0.2) is 4.79 Å². The lowest BCUT2D eigenvalue weighted by Gasteiger charge is -2.10. The molecular weight excluding hydrogens is 322 g/mol. The Kier molecular flexibility index (Phi) is 4.03. The highest BCUT2D eigenvalue weighted by Crippen LogP contribution is 2.32. The van der Waals surface area contributed by atoms with E-state index in [9.17, 15) is 4.79 Å². The van der Waals surface area contributed by atoms with Crippen molar-refractivity contribution in [3.05, 3.63) is 69.9 Å². The third-order valence-corrected chi connectivity index (χ3v) is 4.93. The summed E-state index contributed by atoms with van der Waals surface area (Å²) in [6.07, 6.45) is 4.55. The summed E-state index contributed by atoms with van der Waals surface area (Å²) < 4.78 is 5.41. The zero-order valence-corrected chi connectivity index (χ0v) is 14.0. The molecule has 0 radical (unpaired) electrons. The summed E-state index contributed by atoms with van der Waals surface area (Å²) in [5.41, 5.74) is 4.97. The third-order valence-electron chi connectivity index (χ3n) is 4.62. The molecule has 0 amide bonds. The number of carbonyl (C=O) groups is 1. The van der Waals surface area contributed by atoms with E-state index >= 15 is 0 Å². The predicted molar refractivity (Wildman–Crippen MR) is 95.5 cm³/mol. The Hall–Kier alpha value is -2.26. The van der Waals surface area contributed by atoms with Gasteiger partial charge >= 0.3 is 5.97 Å². The van der Waals surface area contributed by atoms with Crippen LogP contribution in [0.15, 0.2) is 42.5 Å². The second kappa shape index (κ2) is 6.33. The van der Waals surface area contributed by atoms with Crippen LogP contribution in [0.4, 0.5) is 0 Å². The molecule has 0 atom stereocenters. The molecule has 0 unspecified atom stereocenters. The highest BCUT2D eigenvalue weighted by atomic mass is 35.5. The lowest BCUT2D eigenvalue weighted by molar-refractivity contribution is 0.0473. The molecule has 1 aliphatic rings. The highest BCUT2D eigenvalue weighted by Gasteiger charge is 2.19. The molecule has 3 aromatic rings. The van der Waals surface area contributed by atoms with Crippen LogP contribution in [0.5, 0.6) is 0 Å². The van der Waals surface area contributed by atoms with Crippen LogP contribution >= 0.6 is 11.6 Å². The van der Waals surface area contributed by atoms with E-state index in [4.69, 9.17) is 16.3 Å². The van der Waals surface area contributed by atoms with Gasteiger partial charge in [-0.1, -0.05) is 41.9 Å². The fraction of sp³-hybridized carbons (Fsp3) is 0.250. The number of hydrogen-bond acceptors (Lipinski definition) is 2. The number of aromatic nitrogens is 1. The van der Waals surface area contributed by atoms with Crippen molar-refractivity contribution in [3.63, 3.8) is 0 Å². The van der Waals surface area contributed by atoms with Gasteiger partial charge in [-0.15, -0.1) is 0 Å². The normalized spacial score (nSPS) is 13.7. The molecule has 1 N–H and O–H groups in total. The first-order chi connectivity index (χ1) is 11.7. The van der Waals surface area contributed by atoms with Crippen molar-refractivity contribution >= 4 is 28.5 Å². The van der Waals surface area contributed by atoms with Crippen LogP contribution in [-0.2, 0) is 24.2 Å². The van der Waals surface area contributed by atoms with Crippen LogP contribution in [0.1, 0.15) is 40.0 Å². The molecule has 24 heavy (non-hydrogen) atoms. The first kappa shape index (κ1) is 15.3. The number of aryl methyl sites for hydroxylation is 2. The fourth-order valence-corrected chi connectivity index (χ4v) is 3.63. The van der Waals surface area contributed by atoms with Gasteiger partial charge in [0.2, 0.25) is 0 Å². The van der Waals surface area contributed by atoms with E-state index in [2.05, 4.69) is 4.98 Å². The quantitative estimate of drug-likeness (QED) is 0.678. The molecule has 2 aromatic carbocycles. The number of ether oxygens (including phenoxy) is 1. The Bertz CT molecular complexity index is 899. The molecule has 1 aliphatic carbocycles. The number of esters is 1. The summed E-state index contributed by atoms with van der Waals surface area (Å²) in [6.45, 7) is 0.245. The maximum Gasteiger partial charge on any atom is 0.340 e. The standard InChI is InChI=1S/C20H18ClNO2/c21-17-10-15-14-8-4-5-9-18(14)22-19(15)11-16(17)20(23)24-12-13-6-2-1-3-7-13/h1-3,6-7,10-11,22H,4-5,8-9,12H2. The van der Waals surface area contributed by atoms with Crippen LogP contribution in [0, 0.1) is 0 Å². The molecule has 122 valence electrons. The van der Waals surface area contributed by atoms with Gasteiger partial charge < -0.3 is 9.72 Å². The number of aromatic amines is 1. The Morgan fingerprint density at radius 3 is 2.75 bits per heavy atom. The van der Waals surface area contributed by atoms with Gasteiger partial charge in [-0.3, -0.25) is 0 Å². The van der Waals surface area contributed by atoms with E-state index in [1.165, 1.54) is 24.1 Å². The summed E-state index contributed by atoms with van der Waals surface area (Å²) in [4.78, 5) is 15.9. The number of rotatable bonds is 3. The number of nitrogens with one attached hydrogen (secondary N) is 1. The monoisotopic (exact) mass is 339 g/mol. The number of fused-ring (bicyclic) bond motifs is 3. The number of halogens is 1. The maximum atomic E-state index is 12.4. The Morgan fingerprint density at radius 1 is 1.12 bits per heavy atom. The van der Waals surface area contributed by atoms with E-state index in [0.717, 1.165) is 29.3 Å². The first-order valence-corrected chi connectivity index (χ1v) is 8.64. The number of benzene rings is 2. The van der Waals surface area contributed by atoms with Crippen molar-refractivity contribution in [3.8, 4) is 0 Å². The van der Waals surface area contributed by atoms with Crippen molar-refractivity contribution in [2.45, 2.75) is 32.3 Å². The van der Waals surface area contributed by atoms with Gasteiger partial charge in [-0.2, -0.15) is 0 Å². The number of carbonyl (C=O) groups excluding carboxylic acids is 1. The lowest BCUT2D eigenvalue weighted by Crippen LogP contribution is -2.06. The summed E-state index contributed by atoms with van der Waals surface area (Å²) in [5.74, 6) is -0.390. The molecule has 0 saturated heterocycles. The molecule has 1 heterocycles. The van der Waals surface area contributed by atoms with Gasteiger partial charge in [0.1, 0.15) is 6.61 Å². The van der Waals surface area contributed by atoms with Gasteiger partial charge in [-0.05, 0) is 48.9 Å². The zero-order valence-electron chi connectivity index (χ0n) is 13.3. The minimum Gasteiger partial charge on any atom is -0.457 e. The smallest absolute Gasteiger partial charge is 0.340 e. The Labute approximate surface area is 145 Å². The summed E-state index contributed by atoms with van der Waals surface area (Å²) in [7, 11) is 0. The van der Waals surface area contributed by atoms with Gasteiger partial charge in [0.15, 0.2) is 0 Å². The molecule has 3 nitrogen and oxygen atoms in total. The molecule has 0 aliphatic heterocycles. The molecular formula is C20H18ClNO2. The average Bonchev–Trinajstić information content (AvgIpc) is 2.97. The summed E-state index contributed by atoms with van der Waals surface area (Å²) >= 11 is 6.36. The van der Waals surface area contributed by atoms with Crippen LogP contribution in [-0.4, -0.2) is 11.0 Å². The molecule has 1 aromatic heterocycles. The van der Waals surface area contributed by atoms with Crippen LogP contribution in [0.2, 0.25) is 5.02 Å². The molecule has 0 fully saturated rings. The largest absolute Gasteiger partial charge is 0.457 e. The molecule has 4 rings (SSSR count). The van der Waals surface area contributed by atoms with E-state index in [0.29, 0.717) is 10.6 Å². The minimum absolute atomic E-state index is 0.245. The van der Waals surface area contributed by atoms with Crippen LogP contribution in [0.25, 0.3) is 10.9 Å². The highest BCUT2D eigenvalue weighted by molar-refractivity contribution is 6.34. The van der Waals surface area contributed by atoms with E-state index in [-0.39, 0.29) is 6.61 Å². The van der Waals surface area contributed by atoms with E-state index in [1.807, 2.05) is 42.5 Å². The van der Waals surface area contributed by atoms with E-state index in [1.54, 1.807) is 0 Å². The van der Waals surface area contributed by atoms with Crippen molar-refractivity contribution in [1.82, 2.24) is 4.98 Å². The maximum absolute atomic E-state index is 12.4. The predicted octanol–water partition coefficient (Wildman–Crippen LogP) is 5.06. The SMILES string of the molecule is O=C(OCc1ccccc1)c1cc2[nH]c3c(c2cc1Cl)CCCC3. The minimum atomic E-state index is -0.390. The summed E-state index contributed by atoms with van der Waals surface area (Å²) in [6, 6.07) is 13.4. The second-order valence-corrected chi connectivity index (χ2v) is 6.64. The number of hydrogen-bond donors (Lipinski definition) is 1. The van der Waals surface area contributed by atoms with Crippen molar-refractivity contribution in [2.75, 3.05) is 0 Å². The zero-order chi connectivity index (χ0) is 16.5. The Morgan fingerprint density at radius 2 is 1.92 bits per heavy atom. The van der Waals surface area contributed by atoms with Crippen LogP contribution in [0.3, 0.4) is 0 Å². The third kappa shape index (κ3) is 2.80. The van der Waals surface area contributed by atoms with Gasteiger partial charge in [0, 0.05) is 16.6 Å². The van der Waals surface area contributed by atoms with Crippen molar-refractivity contribution in [1.29, 1.82) is 0 Å². The van der Waals surface area contributed by atoms with Crippen molar-refractivity contribution < 1.29 is 9.53 Å². The topological polar surface area (TPSA) is 42.1 Å².